The number of hydrogen-bond donors (Lipinski definition) is 2. The van der Waals surface area contributed by atoms with Crippen LogP contribution < -0.4 is 10.2 Å². The van der Waals surface area contributed by atoms with E-state index in [1.54, 1.807) is 17.0 Å². The molecule has 1 heterocycles. The maximum absolute atomic E-state index is 14.0. The van der Waals surface area contributed by atoms with E-state index >= 15 is 0 Å². The summed E-state index contributed by atoms with van der Waals surface area (Å²) >= 11 is 0. The highest BCUT2D eigenvalue weighted by atomic mass is 19.1. The van der Waals surface area contributed by atoms with Gasteiger partial charge in [0.15, 0.2) is 0 Å². The largest absolute Gasteiger partial charge is 0.395 e. The molecule has 2 N–H and O–H groups in total. The Bertz CT molecular complexity index is 527. The topological polar surface area (TPSA) is 55.8 Å². The minimum atomic E-state index is -0.227. The number of benzene rings is 1. The summed E-state index contributed by atoms with van der Waals surface area (Å²) in [6, 6.07) is 6.60. The summed E-state index contributed by atoms with van der Waals surface area (Å²) in [6.45, 7) is 4.42. The van der Waals surface area contributed by atoms with Crippen LogP contribution in [0.3, 0.4) is 0 Å². The fourth-order valence-corrected chi connectivity index (χ4v) is 3.07. The van der Waals surface area contributed by atoms with Crippen LogP contribution in [0.25, 0.3) is 0 Å². The number of aliphatic hydroxyl groups is 1. The van der Waals surface area contributed by atoms with Crippen molar-refractivity contribution in [1.29, 1.82) is 0 Å². The zero-order valence-corrected chi connectivity index (χ0v) is 14.4. The van der Waals surface area contributed by atoms with E-state index in [0.29, 0.717) is 25.3 Å². The number of amides is 2. The maximum atomic E-state index is 14.0. The molecular weight excluding hydrogens is 309 g/mol. The Morgan fingerprint density at radius 1 is 1.42 bits per heavy atom. The maximum Gasteiger partial charge on any atom is 0.317 e. The smallest absolute Gasteiger partial charge is 0.317 e. The fraction of sp³-hybridized carbons (Fsp3) is 0.611. The van der Waals surface area contributed by atoms with Crippen LogP contribution in [-0.4, -0.2) is 54.9 Å². The number of carbonyl (C=O) groups is 1. The number of para-hydroxylation sites is 1. The number of urea groups is 1. The van der Waals surface area contributed by atoms with Crippen molar-refractivity contribution >= 4 is 11.7 Å². The number of nitrogens with one attached hydrogen (secondary N) is 1. The van der Waals surface area contributed by atoms with Crippen molar-refractivity contribution < 1.29 is 14.3 Å². The van der Waals surface area contributed by atoms with E-state index in [9.17, 15) is 9.18 Å². The highest BCUT2D eigenvalue weighted by Gasteiger charge is 2.24. The lowest BCUT2D eigenvalue weighted by molar-refractivity contribution is 0.172. The van der Waals surface area contributed by atoms with E-state index in [1.165, 1.54) is 6.07 Å². The average molecular weight is 337 g/mol. The van der Waals surface area contributed by atoms with Crippen molar-refractivity contribution in [2.75, 3.05) is 37.7 Å². The molecule has 5 nitrogen and oxygen atoms in total. The zero-order chi connectivity index (χ0) is 17.4. The molecular formula is C18H28FN3O2. The van der Waals surface area contributed by atoms with E-state index in [2.05, 4.69) is 12.2 Å². The highest BCUT2D eigenvalue weighted by molar-refractivity contribution is 5.74. The van der Waals surface area contributed by atoms with Gasteiger partial charge in [0, 0.05) is 32.2 Å². The second-order valence-corrected chi connectivity index (χ2v) is 6.25. The van der Waals surface area contributed by atoms with Gasteiger partial charge in [0.1, 0.15) is 5.82 Å². The van der Waals surface area contributed by atoms with Crippen molar-refractivity contribution in [2.45, 2.75) is 38.6 Å². The van der Waals surface area contributed by atoms with E-state index < -0.39 is 0 Å². The van der Waals surface area contributed by atoms with Crippen LogP contribution in [0.15, 0.2) is 24.3 Å². The summed E-state index contributed by atoms with van der Waals surface area (Å²) in [5, 5.41) is 12.2. The summed E-state index contributed by atoms with van der Waals surface area (Å²) in [5.41, 5.74) is 0.592. The third-order valence-corrected chi connectivity index (χ3v) is 4.38. The van der Waals surface area contributed by atoms with Crippen molar-refractivity contribution in [3.05, 3.63) is 30.1 Å². The molecule has 2 rings (SSSR count). The molecule has 6 heteroatoms. The number of nitrogens with zero attached hydrogens (tertiary/aromatic N) is 2. The predicted octanol–water partition coefficient (Wildman–Crippen LogP) is 2.60. The lowest BCUT2D eigenvalue weighted by Crippen LogP contribution is -2.52. The monoisotopic (exact) mass is 337 g/mol. The van der Waals surface area contributed by atoms with E-state index in [1.807, 2.05) is 11.0 Å². The first-order valence-corrected chi connectivity index (χ1v) is 8.81. The van der Waals surface area contributed by atoms with Gasteiger partial charge in [-0.2, -0.15) is 0 Å². The third kappa shape index (κ3) is 5.09. The predicted molar refractivity (Wildman–Crippen MR) is 93.7 cm³/mol. The third-order valence-electron chi connectivity index (χ3n) is 4.38. The lowest BCUT2D eigenvalue weighted by Gasteiger charge is -2.36. The van der Waals surface area contributed by atoms with Crippen LogP contribution in [0.4, 0.5) is 14.9 Å². The summed E-state index contributed by atoms with van der Waals surface area (Å²) in [4.78, 5) is 16.1. The number of rotatable bonds is 7. The molecule has 1 unspecified atom stereocenters. The van der Waals surface area contributed by atoms with Crippen LogP contribution in [0.1, 0.15) is 32.6 Å². The summed E-state index contributed by atoms with van der Waals surface area (Å²) in [5.74, 6) is -0.227. The SMILES string of the molecule is CCCCN(CCO)C(=O)NC1CCCN(c2ccccc2F)C1. The van der Waals surface area contributed by atoms with Crippen LogP contribution in [0.2, 0.25) is 0 Å². The number of piperidine rings is 1. The molecule has 1 fully saturated rings. The van der Waals surface area contributed by atoms with Gasteiger partial charge in [0.05, 0.1) is 12.3 Å². The summed E-state index contributed by atoms with van der Waals surface area (Å²) in [6.07, 6.45) is 3.71. The van der Waals surface area contributed by atoms with Gasteiger partial charge in [-0.05, 0) is 31.4 Å². The van der Waals surface area contributed by atoms with Gasteiger partial charge in [0.25, 0.3) is 0 Å². The summed E-state index contributed by atoms with van der Waals surface area (Å²) in [7, 11) is 0. The molecule has 1 atom stereocenters. The van der Waals surface area contributed by atoms with Gasteiger partial charge in [-0.15, -0.1) is 0 Å². The van der Waals surface area contributed by atoms with Gasteiger partial charge >= 0.3 is 6.03 Å². The zero-order valence-electron chi connectivity index (χ0n) is 14.4. The summed E-state index contributed by atoms with van der Waals surface area (Å²) < 4.78 is 14.0. The Morgan fingerprint density at radius 2 is 2.21 bits per heavy atom. The molecule has 0 spiro atoms. The molecule has 2 amide bonds. The lowest BCUT2D eigenvalue weighted by atomic mass is 10.0. The van der Waals surface area contributed by atoms with E-state index in [4.69, 9.17) is 5.11 Å². The Morgan fingerprint density at radius 3 is 2.92 bits per heavy atom. The van der Waals surface area contributed by atoms with Crippen molar-refractivity contribution in [2.24, 2.45) is 0 Å². The first-order chi connectivity index (χ1) is 11.7. The molecule has 1 aliphatic heterocycles. The minimum absolute atomic E-state index is 0.00586. The van der Waals surface area contributed by atoms with Crippen molar-refractivity contribution in [1.82, 2.24) is 10.2 Å². The second kappa shape index (κ2) is 9.47. The highest BCUT2D eigenvalue weighted by Crippen LogP contribution is 2.23. The van der Waals surface area contributed by atoms with Crippen molar-refractivity contribution in [3.8, 4) is 0 Å². The fourth-order valence-electron chi connectivity index (χ4n) is 3.07. The quantitative estimate of drug-likeness (QED) is 0.804. The molecule has 0 aliphatic carbocycles. The van der Waals surface area contributed by atoms with E-state index in [-0.39, 0.29) is 24.5 Å². The number of halogens is 1. The Kier molecular flexibility index (Phi) is 7.31. The molecule has 1 aromatic carbocycles. The molecule has 1 aromatic rings. The number of hydrogen-bond acceptors (Lipinski definition) is 3. The Labute approximate surface area is 143 Å². The molecule has 134 valence electrons. The number of anilines is 1. The Balaban J connectivity index is 1.94. The van der Waals surface area contributed by atoms with Crippen molar-refractivity contribution in [3.63, 3.8) is 0 Å². The molecule has 0 aromatic heterocycles. The van der Waals surface area contributed by atoms with Gasteiger partial charge in [-0.3, -0.25) is 0 Å². The normalized spacial score (nSPS) is 17.6. The molecule has 0 radical (unpaired) electrons. The van der Waals surface area contributed by atoms with Gasteiger partial charge in [0.2, 0.25) is 0 Å². The first kappa shape index (κ1) is 18.5. The molecule has 0 bridgehead atoms. The number of carbonyl (C=O) groups excluding carboxylic acids is 1. The average Bonchev–Trinajstić information content (AvgIpc) is 2.59. The van der Waals surface area contributed by atoms with Gasteiger partial charge in [-0.1, -0.05) is 25.5 Å². The standard InChI is InChI=1S/C18H28FN3O2/c1-2-3-10-21(12-13-23)18(24)20-15-7-6-11-22(14-15)17-9-5-4-8-16(17)19/h4-5,8-9,15,23H,2-3,6-7,10-14H2,1H3,(H,20,24). The minimum Gasteiger partial charge on any atom is -0.395 e. The van der Waals surface area contributed by atoms with Crippen LogP contribution in [0, 0.1) is 5.82 Å². The molecule has 0 saturated carbocycles. The van der Waals surface area contributed by atoms with Crippen LogP contribution in [-0.2, 0) is 0 Å². The second-order valence-electron chi connectivity index (χ2n) is 6.25. The first-order valence-electron chi connectivity index (χ1n) is 8.81. The number of aliphatic hydroxyl groups excluding tert-OH is 1. The van der Waals surface area contributed by atoms with Gasteiger partial charge < -0.3 is 20.2 Å². The Hall–Kier alpha value is -1.82. The molecule has 1 aliphatic rings. The molecule has 1 saturated heterocycles. The van der Waals surface area contributed by atoms with E-state index in [0.717, 1.165) is 32.2 Å². The van der Waals surface area contributed by atoms with Crippen LogP contribution >= 0.6 is 0 Å². The van der Waals surface area contributed by atoms with Crippen LogP contribution in [0.5, 0.6) is 0 Å². The number of unbranched alkanes of at least 4 members (excludes halogenated alkanes) is 1. The molecule has 24 heavy (non-hydrogen) atoms. The van der Waals surface area contributed by atoms with Gasteiger partial charge in [-0.25, -0.2) is 9.18 Å².